The molecule has 2 aliphatic rings. The third-order valence-electron chi connectivity index (χ3n) is 3.08. The number of nitrogens with zero attached hydrogens (tertiary/aromatic N) is 1. The number of piperidine rings is 1. The van der Waals surface area contributed by atoms with Crippen molar-refractivity contribution < 1.29 is 9.59 Å². The molecule has 2 fully saturated rings. The lowest BCUT2D eigenvalue weighted by molar-refractivity contribution is -0.131. The van der Waals surface area contributed by atoms with Crippen LogP contribution < -0.4 is 10.6 Å². The maximum absolute atomic E-state index is 12.1. The number of hydrogen-bond acceptors (Lipinski definition) is 3. The van der Waals surface area contributed by atoms with Crippen LogP contribution >= 0.6 is 0 Å². The molecule has 1 spiro atoms. The van der Waals surface area contributed by atoms with Crippen molar-refractivity contribution in [1.82, 2.24) is 15.5 Å². The summed E-state index contributed by atoms with van der Waals surface area (Å²) in [6, 6.07) is -0.231. The molecule has 0 radical (unpaired) electrons. The Labute approximate surface area is 89.2 Å². The van der Waals surface area contributed by atoms with Gasteiger partial charge in [-0.3, -0.25) is 9.69 Å². The molecule has 5 heteroatoms. The number of rotatable bonds is 2. The highest BCUT2D eigenvalue weighted by Gasteiger charge is 2.50. The second-order valence-corrected chi connectivity index (χ2v) is 4.25. The van der Waals surface area contributed by atoms with Crippen molar-refractivity contribution in [3.8, 4) is 0 Å². The summed E-state index contributed by atoms with van der Waals surface area (Å²) in [4.78, 5) is 25.0. The average Bonchev–Trinajstić information content (AvgIpc) is 2.45. The molecule has 0 aromatic carbocycles. The zero-order chi connectivity index (χ0) is 10.9. The van der Waals surface area contributed by atoms with Gasteiger partial charge in [-0.25, -0.2) is 4.79 Å². The monoisotopic (exact) mass is 211 g/mol. The van der Waals surface area contributed by atoms with Gasteiger partial charge in [0.25, 0.3) is 5.91 Å². The fourth-order valence-corrected chi connectivity index (χ4v) is 2.30. The Kier molecular flexibility index (Phi) is 2.65. The van der Waals surface area contributed by atoms with Gasteiger partial charge in [0.2, 0.25) is 0 Å². The summed E-state index contributed by atoms with van der Waals surface area (Å²) in [7, 11) is 0. The van der Waals surface area contributed by atoms with E-state index in [0.717, 1.165) is 25.8 Å². The second-order valence-electron chi connectivity index (χ2n) is 4.25. The van der Waals surface area contributed by atoms with Crippen molar-refractivity contribution in [2.75, 3.05) is 19.6 Å². The quantitative estimate of drug-likeness (QED) is 0.635. The van der Waals surface area contributed by atoms with E-state index in [1.54, 1.807) is 0 Å². The van der Waals surface area contributed by atoms with Gasteiger partial charge in [-0.2, -0.15) is 0 Å². The molecule has 0 saturated carbocycles. The van der Waals surface area contributed by atoms with Crippen LogP contribution in [0, 0.1) is 0 Å². The van der Waals surface area contributed by atoms with E-state index in [2.05, 4.69) is 10.6 Å². The Morgan fingerprint density at radius 3 is 2.87 bits per heavy atom. The van der Waals surface area contributed by atoms with Gasteiger partial charge in [0, 0.05) is 13.1 Å². The summed E-state index contributed by atoms with van der Waals surface area (Å²) in [5, 5.41) is 6.00. The van der Waals surface area contributed by atoms with Crippen LogP contribution in [-0.2, 0) is 4.79 Å². The van der Waals surface area contributed by atoms with Crippen LogP contribution in [0.3, 0.4) is 0 Å². The highest BCUT2D eigenvalue weighted by atomic mass is 16.2. The summed E-state index contributed by atoms with van der Waals surface area (Å²) >= 11 is 0. The Bertz CT molecular complexity index is 284. The number of urea groups is 1. The molecule has 2 N–H and O–H groups in total. The molecule has 3 amide bonds. The van der Waals surface area contributed by atoms with Crippen LogP contribution in [-0.4, -0.2) is 42.0 Å². The van der Waals surface area contributed by atoms with Gasteiger partial charge < -0.3 is 10.6 Å². The van der Waals surface area contributed by atoms with E-state index in [4.69, 9.17) is 0 Å². The smallest absolute Gasteiger partial charge is 0.322 e. The number of amides is 3. The van der Waals surface area contributed by atoms with Gasteiger partial charge in [0.05, 0.1) is 0 Å². The summed E-state index contributed by atoms with van der Waals surface area (Å²) in [6.07, 6.45) is 2.50. The summed E-state index contributed by atoms with van der Waals surface area (Å²) < 4.78 is 0. The lowest BCUT2D eigenvalue weighted by Gasteiger charge is -2.31. The van der Waals surface area contributed by atoms with Crippen LogP contribution in [0.4, 0.5) is 4.79 Å². The molecule has 15 heavy (non-hydrogen) atoms. The molecular weight excluding hydrogens is 194 g/mol. The van der Waals surface area contributed by atoms with E-state index < -0.39 is 5.54 Å². The first-order chi connectivity index (χ1) is 7.19. The molecule has 1 unspecified atom stereocenters. The average molecular weight is 211 g/mol. The summed E-state index contributed by atoms with van der Waals surface area (Å²) in [6.45, 7) is 3.98. The van der Waals surface area contributed by atoms with Crippen LogP contribution in [0.2, 0.25) is 0 Å². The standard InChI is InChI=1S/C10H17N3O2/c1-2-6-13-8(14)10(12-9(13)15)4-3-5-11-7-10/h11H,2-7H2,1H3,(H,12,15). The minimum atomic E-state index is -0.648. The van der Waals surface area contributed by atoms with Gasteiger partial charge in [-0.15, -0.1) is 0 Å². The molecular formula is C10H17N3O2. The second kappa shape index (κ2) is 3.81. The van der Waals surface area contributed by atoms with E-state index in [1.165, 1.54) is 4.90 Å². The molecule has 0 aromatic heterocycles. The van der Waals surface area contributed by atoms with Crippen LogP contribution in [0.1, 0.15) is 26.2 Å². The number of hydrogen-bond donors (Lipinski definition) is 2. The lowest BCUT2D eigenvalue weighted by Crippen LogP contribution is -2.57. The molecule has 2 aliphatic heterocycles. The number of carbonyl (C=O) groups excluding carboxylic acids is 2. The number of nitrogens with one attached hydrogen (secondary N) is 2. The van der Waals surface area contributed by atoms with Crippen molar-refractivity contribution in [3.05, 3.63) is 0 Å². The van der Waals surface area contributed by atoms with Gasteiger partial charge in [-0.05, 0) is 25.8 Å². The minimum absolute atomic E-state index is 0.0541. The van der Waals surface area contributed by atoms with Gasteiger partial charge >= 0.3 is 6.03 Å². The van der Waals surface area contributed by atoms with E-state index >= 15 is 0 Å². The Morgan fingerprint density at radius 2 is 2.27 bits per heavy atom. The number of carbonyl (C=O) groups is 2. The first-order valence-corrected chi connectivity index (χ1v) is 5.54. The lowest BCUT2D eigenvalue weighted by atomic mass is 9.90. The molecule has 5 nitrogen and oxygen atoms in total. The fourth-order valence-electron chi connectivity index (χ4n) is 2.30. The Balaban J connectivity index is 2.15. The molecule has 84 valence electrons. The molecule has 0 bridgehead atoms. The van der Waals surface area contributed by atoms with E-state index in [-0.39, 0.29) is 11.9 Å². The molecule has 2 rings (SSSR count). The molecule has 0 aromatic rings. The number of imide groups is 1. The minimum Gasteiger partial charge on any atom is -0.322 e. The van der Waals surface area contributed by atoms with E-state index in [1.807, 2.05) is 6.92 Å². The van der Waals surface area contributed by atoms with E-state index in [9.17, 15) is 9.59 Å². The Hall–Kier alpha value is -1.10. The third kappa shape index (κ3) is 1.61. The molecule has 1 atom stereocenters. The first-order valence-electron chi connectivity index (χ1n) is 5.54. The van der Waals surface area contributed by atoms with Crippen LogP contribution in [0.15, 0.2) is 0 Å². The highest BCUT2D eigenvalue weighted by molar-refractivity contribution is 6.07. The van der Waals surface area contributed by atoms with Crippen molar-refractivity contribution >= 4 is 11.9 Å². The maximum Gasteiger partial charge on any atom is 0.325 e. The molecule has 0 aliphatic carbocycles. The van der Waals surface area contributed by atoms with Gasteiger partial charge in [-0.1, -0.05) is 6.92 Å². The predicted octanol–water partition coefficient (Wildman–Crippen LogP) is 0.0704. The topological polar surface area (TPSA) is 61.4 Å². The van der Waals surface area contributed by atoms with Gasteiger partial charge in [0.1, 0.15) is 5.54 Å². The van der Waals surface area contributed by atoms with Crippen LogP contribution in [0.25, 0.3) is 0 Å². The van der Waals surface area contributed by atoms with Crippen molar-refractivity contribution in [1.29, 1.82) is 0 Å². The third-order valence-corrected chi connectivity index (χ3v) is 3.08. The SMILES string of the molecule is CCCN1C(=O)NC2(CCCNC2)C1=O. The van der Waals surface area contributed by atoms with Crippen molar-refractivity contribution in [3.63, 3.8) is 0 Å². The summed E-state index contributed by atoms with van der Waals surface area (Å²) in [5.41, 5.74) is -0.648. The highest BCUT2D eigenvalue weighted by Crippen LogP contribution is 2.24. The summed E-state index contributed by atoms with van der Waals surface area (Å²) in [5.74, 6) is -0.0541. The van der Waals surface area contributed by atoms with Gasteiger partial charge in [0.15, 0.2) is 0 Å². The largest absolute Gasteiger partial charge is 0.325 e. The molecule has 2 heterocycles. The zero-order valence-corrected chi connectivity index (χ0v) is 9.01. The van der Waals surface area contributed by atoms with Crippen molar-refractivity contribution in [2.24, 2.45) is 0 Å². The Morgan fingerprint density at radius 1 is 1.47 bits per heavy atom. The zero-order valence-electron chi connectivity index (χ0n) is 9.01. The first kappa shape index (κ1) is 10.4. The normalized spacial score (nSPS) is 31.1. The fraction of sp³-hybridized carbons (Fsp3) is 0.800. The van der Waals surface area contributed by atoms with Crippen LogP contribution in [0.5, 0.6) is 0 Å². The molecule has 2 saturated heterocycles. The van der Waals surface area contributed by atoms with E-state index in [0.29, 0.717) is 13.1 Å². The maximum atomic E-state index is 12.1. The predicted molar refractivity (Wildman–Crippen MR) is 55.4 cm³/mol. The van der Waals surface area contributed by atoms with Crippen molar-refractivity contribution in [2.45, 2.75) is 31.7 Å².